The highest BCUT2D eigenvalue weighted by Gasteiger charge is 2.17. The van der Waals surface area contributed by atoms with Crippen molar-refractivity contribution in [2.24, 2.45) is 0 Å². The summed E-state index contributed by atoms with van der Waals surface area (Å²) in [6.07, 6.45) is 0.635. The Morgan fingerprint density at radius 1 is 1.14 bits per heavy atom. The fraction of sp³-hybridized carbons (Fsp3) is 0.190. The van der Waals surface area contributed by atoms with E-state index in [1.807, 2.05) is 42.5 Å². The number of thiazole rings is 1. The van der Waals surface area contributed by atoms with Gasteiger partial charge in [-0.05, 0) is 24.3 Å². The first-order chi connectivity index (χ1) is 14.2. The van der Waals surface area contributed by atoms with Crippen molar-refractivity contribution < 1.29 is 9.59 Å². The third-order valence-corrected chi connectivity index (χ3v) is 5.57. The van der Waals surface area contributed by atoms with Gasteiger partial charge < -0.3 is 20.9 Å². The Kier molecular flexibility index (Phi) is 5.83. The lowest BCUT2D eigenvalue weighted by molar-refractivity contribution is -0.105. The van der Waals surface area contributed by atoms with Gasteiger partial charge in [0.25, 0.3) is 5.91 Å². The molecule has 0 aliphatic carbocycles. The summed E-state index contributed by atoms with van der Waals surface area (Å²) in [4.78, 5) is 30.2. The van der Waals surface area contributed by atoms with Gasteiger partial charge in [-0.15, -0.1) is 11.3 Å². The number of rotatable bonds is 6. The van der Waals surface area contributed by atoms with Crippen LogP contribution in [-0.2, 0) is 4.79 Å². The number of carbonyl (C=O) groups excluding carboxylic acids is 2. The second-order valence-corrected chi connectivity index (χ2v) is 7.45. The molecule has 0 spiro atoms. The molecule has 3 aromatic rings. The lowest BCUT2D eigenvalue weighted by Gasteiger charge is -2.31. The van der Waals surface area contributed by atoms with Gasteiger partial charge in [0.05, 0.1) is 11.4 Å². The molecule has 1 saturated heterocycles. The maximum Gasteiger partial charge on any atom is 0.275 e. The number of hydrogen-bond acceptors (Lipinski definition) is 6. The van der Waals surface area contributed by atoms with E-state index in [1.165, 1.54) is 11.3 Å². The van der Waals surface area contributed by atoms with Crippen molar-refractivity contribution in [2.75, 3.05) is 41.7 Å². The van der Waals surface area contributed by atoms with Crippen molar-refractivity contribution in [3.63, 3.8) is 0 Å². The molecule has 8 heteroatoms. The monoisotopic (exact) mass is 407 g/mol. The van der Waals surface area contributed by atoms with Crippen LogP contribution in [0.1, 0.15) is 10.5 Å². The molecular formula is C21H21N5O2S. The van der Waals surface area contributed by atoms with Crippen LogP contribution in [0.3, 0.4) is 0 Å². The summed E-state index contributed by atoms with van der Waals surface area (Å²) in [6.45, 7) is 3.66. The summed E-state index contributed by atoms with van der Waals surface area (Å²) in [6, 6.07) is 15.2. The highest BCUT2D eigenvalue weighted by Crippen LogP contribution is 2.28. The largest absolute Gasteiger partial charge is 0.367 e. The number of nitrogens with zero attached hydrogens (tertiary/aromatic N) is 2. The third-order valence-electron chi connectivity index (χ3n) is 4.68. The number of carbonyl (C=O) groups is 2. The number of nitrogens with one attached hydrogen (secondary N) is 3. The molecule has 7 nitrogen and oxygen atoms in total. The molecule has 148 valence electrons. The SMILES string of the molecule is O=CNc1cccc(-c2nc(C(=O)Nc3ccccc3N3CCNCC3)cs2)c1. The van der Waals surface area contributed by atoms with Crippen LogP contribution in [0.2, 0.25) is 0 Å². The minimum atomic E-state index is -0.239. The van der Waals surface area contributed by atoms with Gasteiger partial charge in [-0.2, -0.15) is 0 Å². The Morgan fingerprint density at radius 3 is 2.79 bits per heavy atom. The summed E-state index contributed by atoms with van der Waals surface area (Å²) >= 11 is 1.39. The van der Waals surface area contributed by atoms with E-state index in [9.17, 15) is 9.59 Å². The highest BCUT2D eigenvalue weighted by molar-refractivity contribution is 7.13. The Bertz CT molecular complexity index is 1010. The van der Waals surface area contributed by atoms with Gasteiger partial charge >= 0.3 is 0 Å². The topological polar surface area (TPSA) is 86.4 Å². The maximum absolute atomic E-state index is 12.8. The normalized spacial score (nSPS) is 13.7. The smallest absolute Gasteiger partial charge is 0.275 e. The van der Waals surface area contributed by atoms with Crippen LogP contribution in [-0.4, -0.2) is 43.5 Å². The van der Waals surface area contributed by atoms with E-state index in [1.54, 1.807) is 11.4 Å². The van der Waals surface area contributed by atoms with Crippen molar-refractivity contribution in [1.29, 1.82) is 0 Å². The zero-order valence-corrected chi connectivity index (χ0v) is 16.5. The minimum absolute atomic E-state index is 0.239. The molecule has 0 unspecified atom stereocenters. The Hall–Kier alpha value is -3.23. The van der Waals surface area contributed by atoms with E-state index in [0.29, 0.717) is 17.8 Å². The van der Waals surface area contributed by atoms with E-state index >= 15 is 0 Å². The molecule has 1 fully saturated rings. The maximum atomic E-state index is 12.8. The zero-order valence-electron chi connectivity index (χ0n) is 15.7. The number of hydrogen-bond donors (Lipinski definition) is 3. The Balaban J connectivity index is 1.52. The molecular weight excluding hydrogens is 386 g/mol. The second kappa shape index (κ2) is 8.85. The van der Waals surface area contributed by atoms with Crippen LogP contribution < -0.4 is 20.9 Å². The molecule has 0 saturated carbocycles. The zero-order chi connectivity index (χ0) is 20.1. The summed E-state index contributed by atoms with van der Waals surface area (Å²) in [5.41, 5.74) is 3.70. The van der Waals surface area contributed by atoms with E-state index in [2.05, 4.69) is 25.8 Å². The molecule has 0 radical (unpaired) electrons. The van der Waals surface area contributed by atoms with Crippen molar-refractivity contribution in [3.05, 3.63) is 59.6 Å². The van der Waals surface area contributed by atoms with Gasteiger partial charge in [0, 0.05) is 42.8 Å². The number of benzene rings is 2. The summed E-state index contributed by atoms with van der Waals surface area (Å²) in [7, 11) is 0. The lowest BCUT2D eigenvalue weighted by Crippen LogP contribution is -2.43. The van der Waals surface area contributed by atoms with Crippen LogP contribution in [0.5, 0.6) is 0 Å². The predicted octanol–water partition coefficient (Wildman–Crippen LogP) is 3.04. The Labute approximate surface area is 172 Å². The third kappa shape index (κ3) is 4.44. The van der Waals surface area contributed by atoms with Gasteiger partial charge in [-0.3, -0.25) is 9.59 Å². The molecule has 2 heterocycles. The summed E-state index contributed by atoms with van der Waals surface area (Å²) in [5, 5.41) is 11.4. The van der Waals surface area contributed by atoms with Crippen LogP contribution in [0, 0.1) is 0 Å². The highest BCUT2D eigenvalue weighted by atomic mass is 32.1. The lowest BCUT2D eigenvalue weighted by atomic mass is 10.2. The van der Waals surface area contributed by atoms with Gasteiger partial charge in [-0.1, -0.05) is 24.3 Å². The van der Waals surface area contributed by atoms with Crippen LogP contribution in [0.15, 0.2) is 53.9 Å². The minimum Gasteiger partial charge on any atom is -0.367 e. The molecule has 1 aromatic heterocycles. The molecule has 4 rings (SSSR count). The van der Waals surface area contributed by atoms with Gasteiger partial charge in [0.2, 0.25) is 6.41 Å². The van der Waals surface area contributed by atoms with Crippen LogP contribution in [0.25, 0.3) is 10.6 Å². The number of piperazine rings is 1. The van der Waals surface area contributed by atoms with E-state index in [4.69, 9.17) is 0 Å². The standard InChI is InChI=1S/C21H21N5O2S/c27-14-23-16-5-3-4-15(12-16)21-25-18(13-29-21)20(28)24-17-6-1-2-7-19(17)26-10-8-22-9-11-26/h1-7,12-14,22H,8-11H2,(H,23,27)(H,24,28). The van der Waals surface area contributed by atoms with E-state index < -0.39 is 0 Å². The van der Waals surface area contributed by atoms with Gasteiger partial charge in [0.15, 0.2) is 0 Å². The van der Waals surface area contributed by atoms with E-state index in [-0.39, 0.29) is 5.91 Å². The van der Waals surface area contributed by atoms with Crippen molar-refractivity contribution in [3.8, 4) is 10.6 Å². The molecule has 29 heavy (non-hydrogen) atoms. The molecule has 1 aliphatic rings. The van der Waals surface area contributed by atoms with Crippen molar-refractivity contribution >= 4 is 40.7 Å². The van der Waals surface area contributed by atoms with Crippen LogP contribution in [0.4, 0.5) is 17.1 Å². The molecule has 1 aliphatic heterocycles. The summed E-state index contributed by atoms with van der Waals surface area (Å²) < 4.78 is 0. The number of para-hydroxylation sites is 2. The number of aromatic nitrogens is 1. The predicted molar refractivity (Wildman–Crippen MR) is 117 cm³/mol. The fourth-order valence-electron chi connectivity index (χ4n) is 3.27. The average molecular weight is 407 g/mol. The fourth-order valence-corrected chi connectivity index (χ4v) is 4.06. The molecule has 2 aromatic carbocycles. The molecule has 2 amide bonds. The average Bonchev–Trinajstić information content (AvgIpc) is 3.26. The second-order valence-electron chi connectivity index (χ2n) is 6.59. The first-order valence-corrected chi connectivity index (χ1v) is 10.2. The quantitative estimate of drug-likeness (QED) is 0.547. The molecule has 0 atom stereocenters. The first-order valence-electron chi connectivity index (χ1n) is 9.37. The Morgan fingerprint density at radius 2 is 1.97 bits per heavy atom. The van der Waals surface area contributed by atoms with Gasteiger partial charge in [0.1, 0.15) is 10.7 Å². The molecule has 3 N–H and O–H groups in total. The van der Waals surface area contributed by atoms with Crippen molar-refractivity contribution in [2.45, 2.75) is 0 Å². The van der Waals surface area contributed by atoms with Crippen LogP contribution >= 0.6 is 11.3 Å². The molecule has 0 bridgehead atoms. The van der Waals surface area contributed by atoms with Gasteiger partial charge in [-0.25, -0.2) is 4.98 Å². The number of anilines is 3. The first kappa shape index (κ1) is 19.1. The summed E-state index contributed by atoms with van der Waals surface area (Å²) in [5.74, 6) is -0.239. The van der Waals surface area contributed by atoms with Crippen molar-refractivity contribution in [1.82, 2.24) is 10.3 Å². The van der Waals surface area contributed by atoms with E-state index in [0.717, 1.165) is 48.1 Å². The number of amides is 2.